The number of pyridine rings is 1. The summed E-state index contributed by atoms with van der Waals surface area (Å²) in [6.45, 7) is 5.37. The standard InChI is InChI=1S/C28H32N2O6/c1-28(2,3)36-27(32)30-24-15-19(13-21(24)26(31)34-5)35-25-16-22(17-9-7-6-8-10-17)29-23-14-18(33-4)11-12-20(23)25/h6-12,14,16,19,21,24H,13,15H2,1-5H3,(H,30,32)/t19?,21-,24?/m1/s1. The molecular formula is C28H32N2O6. The Hall–Kier alpha value is -3.81. The number of alkyl carbamates (subject to hydrolysis) is 1. The number of carbonyl (C=O) groups excluding carboxylic acids is 2. The van der Waals surface area contributed by atoms with Gasteiger partial charge in [-0.2, -0.15) is 0 Å². The second-order valence-electron chi connectivity index (χ2n) is 9.85. The maximum absolute atomic E-state index is 12.5. The number of ether oxygens (including phenoxy) is 4. The first-order valence-corrected chi connectivity index (χ1v) is 11.9. The predicted octanol–water partition coefficient (Wildman–Crippen LogP) is 5.13. The van der Waals surface area contributed by atoms with Crippen molar-refractivity contribution in [3.8, 4) is 22.8 Å². The summed E-state index contributed by atoms with van der Waals surface area (Å²) in [5.74, 6) is 0.401. The molecule has 1 aliphatic rings. The van der Waals surface area contributed by atoms with E-state index in [0.29, 0.717) is 24.3 Å². The van der Waals surface area contributed by atoms with Crippen LogP contribution in [0.25, 0.3) is 22.2 Å². The van der Waals surface area contributed by atoms with E-state index in [4.69, 9.17) is 23.9 Å². The van der Waals surface area contributed by atoms with E-state index in [1.54, 1.807) is 27.9 Å². The van der Waals surface area contributed by atoms with Crippen LogP contribution in [0.4, 0.5) is 4.79 Å². The van der Waals surface area contributed by atoms with E-state index >= 15 is 0 Å². The monoisotopic (exact) mass is 492 g/mol. The van der Waals surface area contributed by atoms with Gasteiger partial charge < -0.3 is 24.3 Å². The average Bonchev–Trinajstić information content (AvgIpc) is 3.24. The van der Waals surface area contributed by atoms with Crippen molar-refractivity contribution in [2.24, 2.45) is 5.92 Å². The molecule has 1 heterocycles. The fourth-order valence-corrected chi connectivity index (χ4v) is 4.45. The first-order chi connectivity index (χ1) is 17.2. The molecule has 3 aromatic rings. The van der Waals surface area contributed by atoms with E-state index in [1.807, 2.05) is 54.6 Å². The number of aromatic nitrogens is 1. The number of hydrogen-bond donors (Lipinski definition) is 1. The molecule has 3 atom stereocenters. The Morgan fingerprint density at radius 2 is 1.75 bits per heavy atom. The van der Waals surface area contributed by atoms with Crippen LogP contribution in [0.1, 0.15) is 33.6 Å². The number of carbonyl (C=O) groups is 2. The third-order valence-electron chi connectivity index (χ3n) is 6.07. The lowest BCUT2D eigenvalue weighted by Crippen LogP contribution is -2.43. The molecular weight excluding hydrogens is 460 g/mol. The molecule has 2 unspecified atom stereocenters. The third kappa shape index (κ3) is 5.87. The minimum atomic E-state index is -0.649. The van der Waals surface area contributed by atoms with Crippen LogP contribution >= 0.6 is 0 Å². The van der Waals surface area contributed by atoms with Gasteiger partial charge in [-0.3, -0.25) is 4.79 Å². The predicted molar refractivity (Wildman–Crippen MR) is 136 cm³/mol. The molecule has 0 spiro atoms. The quantitative estimate of drug-likeness (QED) is 0.476. The third-order valence-corrected chi connectivity index (χ3v) is 6.07. The summed E-state index contributed by atoms with van der Waals surface area (Å²) < 4.78 is 22.3. The molecule has 0 aliphatic heterocycles. The number of nitrogens with one attached hydrogen (secondary N) is 1. The summed E-state index contributed by atoms with van der Waals surface area (Å²) in [6, 6.07) is 16.9. The largest absolute Gasteiger partial charge is 0.497 e. The van der Waals surface area contributed by atoms with Gasteiger partial charge in [0.15, 0.2) is 0 Å². The van der Waals surface area contributed by atoms with Crippen molar-refractivity contribution in [1.82, 2.24) is 10.3 Å². The number of fused-ring (bicyclic) bond motifs is 1. The van der Waals surface area contributed by atoms with Crippen LogP contribution in [0.5, 0.6) is 11.5 Å². The zero-order valence-corrected chi connectivity index (χ0v) is 21.2. The van der Waals surface area contributed by atoms with Gasteiger partial charge in [0, 0.05) is 35.5 Å². The summed E-state index contributed by atoms with van der Waals surface area (Å²) in [6.07, 6.45) is -0.0757. The lowest BCUT2D eigenvalue weighted by molar-refractivity contribution is -0.146. The van der Waals surface area contributed by atoms with Gasteiger partial charge in [0.2, 0.25) is 0 Å². The fourth-order valence-electron chi connectivity index (χ4n) is 4.45. The topological polar surface area (TPSA) is 96.0 Å². The van der Waals surface area contributed by atoms with Gasteiger partial charge in [0.1, 0.15) is 23.2 Å². The van der Waals surface area contributed by atoms with E-state index < -0.39 is 29.6 Å². The maximum atomic E-state index is 12.5. The molecule has 0 bridgehead atoms. The molecule has 2 aromatic carbocycles. The summed E-state index contributed by atoms with van der Waals surface area (Å²) in [4.78, 5) is 29.8. The van der Waals surface area contributed by atoms with Crippen LogP contribution in [0.3, 0.4) is 0 Å². The number of amides is 1. The Labute approximate surface area is 210 Å². The molecule has 4 rings (SSSR count). The zero-order chi connectivity index (χ0) is 25.9. The van der Waals surface area contributed by atoms with Crippen molar-refractivity contribution >= 4 is 23.0 Å². The van der Waals surface area contributed by atoms with Crippen LogP contribution in [0.2, 0.25) is 0 Å². The number of nitrogens with zero attached hydrogens (tertiary/aromatic N) is 1. The van der Waals surface area contributed by atoms with Crippen molar-refractivity contribution in [3.63, 3.8) is 0 Å². The van der Waals surface area contributed by atoms with Crippen LogP contribution in [0, 0.1) is 5.92 Å². The summed E-state index contributed by atoms with van der Waals surface area (Å²) in [7, 11) is 2.96. The van der Waals surface area contributed by atoms with Crippen LogP contribution < -0.4 is 14.8 Å². The van der Waals surface area contributed by atoms with Gasteiger partial charge in [-0.05, 0) is 39.3 Å². The highest BCUT2D eigenvalue weighted by Gasteiger charge is 2.42. The molecule has 1 N–H and O–H groups in total. The van der Waals surface area contributed by atoms with E-state index in [2.05, 4.69) is 5.32 Å². The number of hydrogen-bond acceptors (Lipinski definition) is 7. The summed E-state index contributed by atoms with van der Waals surface area (Å²) in [5.41, 5.74) is 1.80. The first-order valence-electron chi connectivity index (χ1n) is 11.9. The minimum Gasteiger partial charge on any atom is -0.497 e. The molecule has 0 radical (unpaired) electrons. The van der Waals surface area contributed by atoms with E-state index in [-0.39, 0.29) is 6.10 Å². The first kappa shape index (κ1) is 25.3. The van der Waals surface area contributed by atoms with Crippen molar-refractivity contribution in [2.45, 2.75) is 51.4 Å². The van der Waals surface area contributed by atoms with Gasteiger partial charge in [0.25, 0.3) is 0 Å². The molecule has 1 amide bonds. The molecule has 1 aromatic heterocycles. The normalized spacial score (nSPS) is 19.5. The molecule has 0 saturated heterocycles. The Balaban J connectivity index is 1.63. The average molecular weight is 493 g/mol. The molecule has 1 saturated carbocycles. The Bertz CT molecular complexity index is 1240. The number of esters is 1. The SMILES string of the molecule is COC(=O)[C@@H]1CC(Oc2cc(-c3ccccc3)nc3cc(OC)ccc23)CC1NC(=O)OC(C)(C)C. The summed E-state index contributed by atoms with van der Waals surface area (Å²) in [5, 5.41) is 3.66. The van der Waals surface area contributed by atoms with Crippen molar-refractivity contribution in [2.75, 3.05) is 14.2 Å². The highest BCUT2D eigenvalue weighted by atomic mass is 16.6. The fraction of sp³-hybridized carbons (Fsp3) is 0.393. The van der Waals surface area contributed by atoms with E-state index in [9.17, 15) is 9.59 Å². The Kier molecular flexibility index (Phi) is 7.33. The van der Waals surface area contributed by atoms with Gasteiger partial charge in [-0.25, -0.2) is 9.78 Å². The van der Waals surface area contributed by atoms with Gasteiger partial charge in [-0.15, -0.1) is 0 Å². The van der Waals surface area contributed by atoms with Crippen LogP contribution in [0.15, 0.2) is 54.6 Å². The number of rotatable bonds is 6. The molecule has 8 nitrogen and oxygen atoms in total. The maximum Gasteiger partial charge on any atom is 0.407 e. The van der Waals surface area contributed by atoms with Gasteiger partial charge in [-0.1, -0.05) is 30.3 Å². The zero-order valence-electron chi connectivity index (χ0n) is 21.2. The molecule has 8 heteroatoms. The van der Waals surface area contributed by atoms with Crippen LogP contribution in [-0.4, -0.2) is 49.0 Å². The Morgan fingerprint density at radius 3 is 2.42 bits per heavy atom. The second-order valence-corrected chi connectivity index (χ2v) is 9.85. The van der Waals surface area contributed by atoms with Gasteiger partial charge in [0.05, 0.1) is 31.3 Å². The van der Waals surface area contributed by atoms with Crippen molar-refractivity contribution in [1.29, 1.82) is 0 Å². The summed E-state index contributed by atoms with van der Waals surface area (Å²) >= 11 is 0. The van der Waals surface area contributed by atoms with E-state index in [0.717, 1.165) is 22.2 Å². The van der Waals surface area contributed by atoms with Crippen LogP contribution in [-0.2, 0) is 14.3 Å². The molecule has 36 heavy (non-hydrogen) atoms. The van der Waals surface area contributed by atoms with Crippen molar-refractivity contribution in [3.05, 3.63) is 54.6 Å². The minimum absolute atomic E-state index is 0.328. The highest BCUT2D eigenvalue weighted by Crippen LogP contribution is 2.36. The second kappa shape index (κ2) is 10.4. The van der Waals surface area contributed by atoms with Gasteiger partial charge >= 0.3 is 12.1 Å². The lowest BCUT2D eigenvalue weighted by Gasteiger charge is -2.23. The lowest BCUT2D eigenvalue weighted by atomic mass is 10.0. The molecule has 1 aliphatic carbocycles. The van der Waals surface area contributed by atoms with Crippen molar-refractivity contribution < 1.29 is 28.5 Å². The molecule has 190 valence electrons. The Morgan fingerprint density at radius 1 is 1.00 bits per heavy atom. The number of benzene rings is 2. The highest BCUT2D eigenvalue weighted by molar-refractivity contribution is 5.89. The molecule has 1 fully saturated rings. The number of methoxy groups -OCH3 is 2. The van der Waals surface area contributed by atoms with E-state index in [1.165, 1.54) is 7.11 Å². The smallest absolute Gasteiger partial charge is 0.407 e.